The Bertz CT molecular complexity index is 1090. The number of anilines is 1. The molecule has 32 heavy (non-hydrogen) atoms. The molecule has 0 radical (unpaired) electrons. The minimum absolute atomic E-state index is 0.0382. The van der Waals surface area contributed by atoms with E-state index in [4.69, 9.17) is 14.2 Å². The number of halogens is 1. The smallest absolute Gasteiger partial charge is 0.351 e. The summed E-state index contributed by atoms with van der Waals surface area (Å²) in [6.07, 6.45) is -3.17. The molecule has 1 aromatic heterocycles. The predicted molar refractivity (Wildman–Crippen MR) is 110 cm³/mol. The number of carbonyl (C=O) groups is 1. The molecule has 4 unspecified atom stereocenters. The third-order valence-corrected chi connectivity index (χ3v) is 5.74. The van der Waals surface area contributed by atoms with Crippen LogP contribution >= 0.6 is 0 Å². The largest absolute Gasteiger partial charge is 0.486 e. The van der Waals surface area contributed by atoms with Gasteiger partial charge in [0, 0.05) is 11.8 Å². The summed E-state index contributed by atoms with van der Waals surface area (Å²) in [5.74, 6) is 0.454. The molecule has 4 rings (SSSR count). The monoisotopic (exact) mass is 449 g/mol. The molecule has 3 N–H and O–H groups in total. The summed E-state index contributed by atoms with van der Waals surface area (Å²) in [6, 6.07) is 4.58. The van der Waals surface area contributed by atoms with Gasteiger partial charge in [0.25, 0.3) is 5.91 Å². The van der Waals surface area contributed by atoms with Gasteiger partial charge in [-0.3, -0.25) is 9.36 Å². The van der Waals surface area contributed by atoms with Crippen molar-refractivity contribution in [1.82, 2.24) is 9.55 Å². The number of benzene rings is 1. The lowest BCUT2D eigenvalue weighted by Gasteiger charge is -2.27. The fraction of sp³-hybridized carbons (Fsp3) is 0.476. The van der Waals surface area contributed by atoms with Crippen LogP contribution in [0.1, 0.15) is 35.5 Å². The minimum Gasteiger partial charge on any atom is -0.486 e. The number of hydrogen-bond donors (Lipinski definition) is 3. The molecule has 0 aliphatic carbocycles. The second kappa shape index (κ2) is 8.49. The summed E-state index contributed by atoms with van der Waals surface area (Å²) in [7, 11) is 0. The van der Waals surface area contributed by atoms with Gasteiger partial charge in [0.05, 0.1) is 6.61 Å². The number of fused-ring (bicyclic) bond motifs is 1. The standard InChI is InChI=1S/C21H24FN3O7/c1-3-21(22)17(27)15(10-26)32-19(21)25-5-4-16(24-20(25)29)23-18(28)12-9-14-13(8-11(12)2)30-6-7-31-14/h4-5,8-9,15,17,19,26-27H,3,6-7,10H2,1-2H3,(H,23,24,28,29). The number of ether oxygens (including phenoxy) is 3. The van der Waals surface area contributed by atoms with Gasteiger partial charge in [0.2, 0.25) is 0 Å². The molecular formula is C21H24FN3O7. The second-order valence-corrected chi connectivity index (χ2v) is 7.70. The average molecular weight is 449 g/mol. The summed E-state index contributed by atoms with van der Waals surface area (Å²) in [6.45, 7) is 3.44. The number of alkyl halides is 1. The molecule has 0 spiro atoms. The SMILES string of the molecule is CCC1(F)C(O)C(CO)OC1n1ccc(NC(=O)c2cc3c(cc2C)OCCO3)nc1=O. The Labute approximate surface area is 182 Å². The number of nitrogens with zero attached hydrogens (tertiary/aromatic N) is 2. The van der Waals surface area contributed by atoms with E-state index < -0.39 is 42.3 Å². The van der Waals surface area contributed by atoms with Crippen molar-refractivity contribution in [1.29, 1.82) is 0 Å². The fourth-order valence-electron chi connectivity index (χ4n) is 3.91. The summed E-state index contributed by atoms with van der Waals surface area (Å²) < 4.78 is 32.6. The maximum atomic E-state index is 15.4. The zero-order valence-corrected chi connectivity index (χ0v) is 17.6. The Hall–Kier alpha value is -3.02. The van der Waals surface area contributed by atoms with E-state index in [1.165, 1.54) is 19.2 Å². The highest BCUT2D eigenvalue weighted by Crippen LogP contribution is 2.43. The molecule has 0 saturated carbocycles. The lowest BCUT2D eigenvalue weighted by Crippen LogP contribution is -2.44. The number of hydrogen-bond acceptors (Lipinski definition) is 8. The summed E-state index contributed by atoms with van der Waals surface area (Å²) in [5, 5.41) is 22.0. The topological polar surface area (TPSA) is 132 Å². The van der Waals surface area contributed by atoms with Crippen molar-refractivity contribution in [2.75, 3.05) is 25.1 Å². The van der Waals surface area contributed by atoms with Gasteiger partial charge in [-0.2, -0.15) is 4.98 Å². The van der Waals surface area contributed by atoms with Crippen LogP contribution in [0.15, 0.2) is 29.2 Å². The number of aromatic nitrogens is 2. The molecule has 11 heteroatoms. The molecule has 4 atom stereocenters. The zero-order valence-electron chi connectivity index (χ0n) is 17.6. The van der Waals surface area contributed by atoms with Gasteiger partial charge in [-0.15, -0.1) is 0 Å². The summed E-state index contributed by atoms with van der Waals surface area (Å²) in [5.41, 5.74) is -2.20. The molecule has 1 amide bonds. The lowest BCUT2D eigenvalue weighted by molar-refractivity contribution is -0.0674. The van der Waals surface area contributed by atoms with Crippen molar-refractivity contribution < 1.29 is 33.6 Å². The highest BCUT2D eigenvalue weighted by Gasteiger charge is 2.57. The molecule has 10 nitrogen and oxygen atoms in total. The van der Waals surface area contributed by atoms with Crippen molar-refractivity contribution in [2.45, 2.75) is 44.4 Å². The first-order valence-electron chi connectivity index (χ1n) is 10.2. The molecule has 1 fully saturated rings. The number of aliphatic hydroxyl groups excluding tert-OH is 2. The maximum Gasteiger partial charge on any atom is 0.351 e. The molecular weight excluding hydrogens is 425 g/mol. The van der Waals surface area contributed by atoms with Crippen LogP contribution in [0.4, 0.5) is 10.2 Å². The number of aryl methyl sites for hydroxylation is 1. The summed E-state index contributed by atoms with van der Waals surface area (Å²) >= 11 is 0. The van der Waals surface area contributed by atoms with Crippen LogP contribution in [0.5, 0.6) is 11.5 Å². The number of nitrogens with one attached hydrogen (secondary N) is 1. The van der Waals surface area contributed by atoms with E-state index in [9.17, 15) is 19.8 Å². The number of aliphatic hydroxyl groups is 2. The Morgan fingerprint density at radius 2 is 2.03 bits per heavy atom. The molecule has 172 valence electrons. The molecule has 3 heterocycles. The number of amides is 1. The maximum absolute atomic E-state index is 15.4. The van der Waals surface area contributed by atoms with Crippen LogP contribution in [0.2, 0.25) is 0 Å². The van der Waals surface area contributed by atoms with Gasteiger partial charge in [0.15, 0.2) is 23.4 Å². The van der Waals surface area contributed by atoms with Gasteiger partial charge in [-0.25, -0.2) is 9.18 Å². The summed E-state index contributed by atoms with van der Waals surface area (Å²) in [4.78, 5) is 29.1. The van der Waals surface area contributed by atoms with Crippen molar-refractivity contribution >= 4 is 11.7 Å². The van der Waals surface area contributed by atoms with E-state index in [1.807, 2.05) is 0 Å². The average Bonchev–Trinajstić information content (AvgIpc) is 3.04. The molecule has 0 bridgehead atoms. The predicted octanol–water partition coefficient (Wildman–Crippen LogP) is 0.944. The molecule has 2 aliphatic rings. The van der Waals surface area contributed by atoms with E-state index in [1.54, 1.807) is 19.1 Å². The van der Waals surface area contributed by atoms with E-state index in [0.29, 0.717) is 35.8 Å². The van der Waals surface area contributed by atoms with Crippen LogP contribution in [0, 0.1) is 6.92 Å². The van der Waals surface area contributed by atoms with Crippen LogP contribution in [-0.2, 0) is 4.74 Å². The van der Waals surface area contributed by atoms with Crippen molar-refractivity contribution in [3.63, 3.8) is 0 Å². The third kappa shape index (κ3) is 3.72. The van der Waals surface area contributed by atoms with Crippen molar-refractivity contribution in [3.05, 3.63) is 46.0 Å². The second-order valence-electron chi connectivity index (χ2n) is 7.70. The van der Waals surface area contributed by atoms with Gasteiger partial charge in [0.1, 0.15) is 31.2 Å². The first-order valence-corrected chi connectivity index (χ1v) is 10.2. The Morgan fingerprint density at radius 1 is 1.34 bits per heavy atom. The molecule has 1 aromatic carbocycles. The van der Waals surface area contributed by atoms with E-state index in [0.717, 1.165) is 4.57 Å². The van der Waals surface area contributed by atoms with E-state index in [2.05, 4.69) is 10.3 Å². The molecule has 2 aliphatic heterocycles. The van der Waals surface area contributed by atoms with Crippen molar-refractivity contribution in [3.8, 4) is 11.5 Å². The normalized spacial score (nSPS) is 26.7. The van der Waals surface area contributed by atoms with Crippen LogP contribution in [-0.4, -0.2) is 63.4 Å². The highest BCUT2D eigenvalue weighted by atomic mass is 19.1. The lowest BCUT2D eigenvalue weighted by atomic mass is 9.93. The van der Waals surface area contributed by atoms with Crippen LogP contribution in [0.25, 0.3) is 0 Å². The Kier molecular flexibility index (Phi) is 5.89. The Morgan fingerprint density at radius 3 is 2.66 bits per heavy atom. The van der Waals surface area contributed by atoms with Gasteiger partial charge >= 0.3 is 5.69 Å². The third-order valence-electron chi connectivity index (χ3n) is 5.74. The van der Waals surface area contributed by atoms with E-state index >= 15 is 4.39 Å². The first-order chi connectivity index (χ1) is 15.3. The van der Waals surface area contributed by atoms with Crippen LogP contribution < -0.4 is 20.5 Å². The number of carbonyl (C=O) groups excluding carboxylic acids is 1. The van der Waals surface area contributed by atoms with Crippen molar-refractivity contribution in [2.24, 2.45) is 0 Å². The Balaban J connectivity index is 1.57. The zero-order chi connectivity index (χ0) is 23.0. The fourth-order valence-corrected chi connectivity index (χ4v) is 3.91. The first kappa shape index (κ1) is 22.2. The van der Waals surface area contributed by atoms with Gasteiger partial charge < -0.3 is 29.7 Å². The highest BCUT2D eigenvalue weighted by molar-refractivity contribution is 6.05. The quantitative estimate of drug-likeness (QED) is 0.615. The number of rotatable bonds is 5. The molecule has 1 saturated heterocycles. The van der Waals surface area contributed by atoms with Crippen LogP contribution in [0.3, 0.4) is 0 Å². The molecule has 2 aromatic rings. The van der Waals surface area contributed by atoms with E-state index in [-0.39, 0.29) is 12.2 Å². The minimum atomic E-state index is -2.29. The van der Waals surface area contributed by atoms with Gasteiger partial charge in [-0.05, 0) is 37.1 Å². The van der Waals surface area contributed by atoms with Gasteiger partial charge in [-0.1, -0.05) is 6.92 Å².